The Kier molecular flexibility index (Phi) is 3.83. The fraction of sp³-hybridized carbons (Fsp3) is 0.167. The van der Waals surface area contributed by atoms with Crippen LogP contribution in [0.5, 0.6) is 5.75 Å². The van der Waals surface area contributed by atoms with Crippen molar-refractivity contribution in [1.82, 2.24) is 0 Å². The zero-order valence-electron chi connectivity index (χ0n) is 12.2. The van der Waals surface area contributed by atoms with Gasteiger partial charge >= 0.3 is 5.97 Å². The zero-order chi connectivity index (χ0) is 15.5. The quantitative estimate of drug-likeness (QED) is 0.881. The van der Waals surface area contributed by atoms with Gasteiger partial charge in [0, 0.05) is 0 Å². The highest BCUT2D eigenvalue weighted by Crippen LogP contribution is 2.25. The number of ether oxygens (including phenoxy) is 2. The van der Waals surface area contributed by atoms with E-state index in [0.717, 1.165) is 11.1 Å². The minimum absolute atomic E-state index is 0.0163. The second kappa shape index (κ2) is 5.93. The summed E-state index contributed by atoms with van der Waals surface area (Å²) in [5.41, 5.74) is 2.40. The van der Waals surface area contributed by atoms with Gasteiger partial charge in [0.25, 0.3) is 0 Å². The topological polar surface area (TPSA) is 55.8 Å². The molecule has 2 aromatic rings. The van der Waals surface area contributed by atoms with Gasteiger partial charge in [-0.05, 0) is 30.2 Å². The van der Waals surface area contributed by atoms with E-state index in [1.54, 1.807) is 0 Å². The van der Waals surface area contributed by atoms with E-state index >= 15 is 0 Å². The second-order valence-corrected chi connectivity index (χ2v) is 5.11. The van der Waals surface area contributed by atoms with Crippen LogP contribution in [0, 0.1) is 0 Å². The number of carbonyl (C=O) groups is 1. The smallest absolute Gasteiger partial charge is 0.337 e. The number of benzene rings is 2. The van der Waals surface area contributed by atoms with Crippen LogP contribution in [-0.2, 0) is 9.53 Å². The minimum atomic E-state index is -0.653. The Bertz CT molecular complexity index is 702. The summed E-state index contributed by atoms with van der Waals surface area (Å²) in [7, 11) is 0. The van der Waals surface area contributed by atoms with E-state index in [-0.39, 0.29) is 17.9 Å². The van der Waals surface area contributed by atoms with Crippen LogP contribution in [0.1, 0.15) is 6.92 Å². The monoisotopic (exact) mass is 296 g/mol. The third kappa shape index (κ3) is 2.81. The molecule has 1 N–H and O–H groups in total. The summed E-state index contributed by atoms with van der Waals surface area (Å²) in [5.74, 6) is 0.0436. The van der Waals surface area contributed by atoms with Gasteiger partial charge in [0.2, 0.25) is 0 Å². The maximum atomic E-state index is 11.3. The second-order valence-electron chi connectivity index (χ2n) is 5.11. The Morgan fingerprint density at radius 1 is 1.05 bits per heavy atom. The molecule has 0 radical (unpaired) electrons. The molecule has 1 aliphatic rings. The number of carbonyl (C=O) groups excluding carboxylic acids is 1. The largest absolute Gasteiger partial charge is 0.508 e. The first-order chi connectivity index (χ1) is 10.6. The normalized spacial score (nSPS) is 18.0. The van der Waals surface area contributed by atoms with Crippen molar-refractivity contribution in [3.05, 3.63) is 65.9 Å². The molecule has 0 spiro atoms. The molecule has 0 bridgehead atoms. The molecule has 0 aliphatic carbocycles. The van der Waals surface area contributed by atoms with E-state index in [9.17, 15) is 9.90 Å². The van der Waals surface area contributed by atoms with E-state index in [1.807, 2.05) is 54.6 Å². The first-order valence-electron chi connectivity index (χ1n) is 7.04. The first-order valence-corrected chi connectivity index (χ1v) is 7.04. The van der Waals surface area contributed by atoms with Crippen LogP contribution < -0.4 is 4.74 Å². The molecule has 0 saturated heterocycles. The predicted octanol–water partition coefficient (Wildman–Crippen LogP) is 3.49. The van der Waals surface area contributed by atoms with Crippen LogP contribution in [0.4, 0.5) is 0 Å². The molecular weight excluding hydrogens is 280 g/mol. The van der Waals surface area contributed by atoms with Crippen molar-refractivity contribution in [3.8, 4) is 16.9 Å². The lowest BCUT2D eigenvalue weighted by molar-refractivity contribution is -0.143. The van der Waals surface area contributed by atoms with Crippen molar-refractivity contribution >= 4 is 5.97 Å². The Balaban J connectivity index is 1.76. The summed E-state index contributed by atoms with van der Waals surface area (Å²) >= 11 is 0. The average molecular weight is 296 g/mol. The van der Waals surface area contributed by atoms with Gasteiger partial charge in [0.05, 0.1) is 5.57 Å². The summed E-state index contributed by atoms with van der Waals surface area (Å²) < 4.78 is 10.6. The third-order valence-corrected chi connectivity index (χ3v) is 3.60. The summed E-state index contributed by atoms with van der Waals surface area (Å²) in [6.45, 7) is 1.54. The number of aliphatic hydroxyl groups excluding tert-OH is 1. The number of rotatable bonds is 3. The van der Waals surface area contributed by atoms with Crippen LogP contribution in [0.3, 0.4) is 0 Å². The zero-order valence-corrected chi connectivity index (χ0v) is 12.2. The molecule has 0 aromatic heterocycles. The van der Waals surface area contributed by atoms with Crippen molar-refractivity contribution in [2.75, 3.05) is 6.61 Å². The number of esters is 1. The van der Waals surface area contributed by atoms with Gasteiger partial charge in [0.15, 0.2) is 6.10 Å². The minimum Gasteiger partial charge on any atom is -0.508 e. The maximum absolute atomic E-state index is 11.3. The Hall–Kier alpha value is -2.75. The molecule has 1 atom stereocenters. The first kappa shape index (κ1) is 14.2. The number of hydrogen-bond donors (Lipinski definition) is 1. The summed E-state index contributed by atoms with van der Waals surface area (Å²) in [6, 6.07) is 17.6. The van der Waals surface area contributed by atoms with Crippen LogP contribution in [0.15, 0.2) is 65.9 Å². The SMILES string of the molecule is CC1=C(O)C(Oc2ccc(-c3ccccc3)cc2)COC1=O. The molecule has 22 heavy (non-hydrogen) atoms. The highest BCUT2D eigenvalue weighted by atomic mass is 16.6. The van der Waals surface area contributed by atoms with E-state index in [2.05, 4.69) is 0 Å². The lowest BCUT2D eigenvalue weighted by Gasteiger charge is -2.23. The molecule has 0 fully saturated rings. The van der Waals surface area contributed by atoms with Crippen LogP contribution >= 0.6 is 0 Å². The molecular formula is C18H16O4. The molecule has 1 unspecified atom stereocenters. The highest BCUT2D eigenvalue weighted by Gasteiger charge is 2.28. The summed E-state index contributed by atoms with van der Waals surface area (Å²) in [4.78, 5) is 11.3. The van der Waals surface area contributed by atoms with Gasteiger partial charge in [0.1, 0.15) is 18.1 Å². The number of hydrogen-bond acceptors (Lipinski definition) is 4. The van der Waals surface area contributed by atoms with E-state index in [1.165, 1.54) is 6.92 Å². The molecule has 112 valence electrons. The van der Waals surface area contributed by atoms with Gasteiger partial charge in [-0.2, -0.15) is 0 Å². The van der Waals surface area contributed by atoms with Gasteiger partial charge in [-0.3, -0.25) is 0 Å². The fourth-order valence-corrected chi connectivity index (χ4v) is 2.30. The molecule has 2 aromatic carbocycles. The lowest BCUT2D eigenvalue weighted by Crippen LogP contribution is -2.33. The van der Waals surface area contributed by atoms with Crippen molar-refractivity contribution in [3.63, 3.8) is 0 Å². The Morgan fingerprint density at radius 3 is 2.36 bits per heavy atom. The average Bonchev–Trinajstić information content (AvgIpc) is 2.57. The number of aliphatic hydroxyl groups is 1. The van der Waals surface area contributed by atoms with Crippen molar-refractivity contribution in [2.45, 2.75) is 13.0 Å². The van der Waals surface area contributed by atoms with Crippen molar-refractivity contribution < 1.29 is 19.4 Å². The molecule has 1 heterocycles. The van der Waals surface area contributed by atoms with Gasteiger partial charge in [-0.25, -0.2) is 4.79 Å². The van der Waals surface area contributed by atoms with Gasteiger partial charge < -0.3 is 14.6 Å². The van der Waals surface area contributed by atoms with Gasteiger partial charge in [-0.1, -0.05) is 42.5 Å². The maximum Gasteiger partial charge on any atom is 0.337 e. The summed E-state index contributed by atoms with van der Waals surface area (Å²) in [5, 5.41) is 9.96. The van der Waals surface area contributed by atoms with Crippen LogP contribution in [0.2, 0.25) is 0 Å². The van der Waals surface area contributed by atoms with Crippen molar-refractivity contribution in [2.24, 2.45) is 0 Å². The molecule has 0 amide bonds. The molecule has 4 nitrogen and oxygen atoms in total. The van der Waals surface area contributed by atoms with Gasteiger partial charge in [-0.15, -0.1) is 0 Å². The van der Waals surface area contributed by atoms with Crippen LogP contribution in [-0.4, -0.2) is 23.8 Å². The van der Waals surface area contributed by atoms with E-state index in [4.69, 9.17) is 9.47 Å². The highest BCUT2D eigenvalue weighted by molar-refractivity contribution is 5.89. The number of cyclic esters (lactones) is 1. The van der Waals surface area contributed by atoms with E-state index < -0.39 is 12.1 Å². The van der Waals surface area contributed by atoms with Crippen molar-refractivity contribution in [1.29, 1.82) is 0 Å². The van der Waals surface area contributed by atoms with E-state index in [0.29, 0.717) is 5.75 Å². The molecule has 3 rings (SSSR count). The molecule has 1 aliphatic heterocycles. The standard InChI is InChI=1S/C18H16O4/c1-12-17(19)16(11-21-18(12)20)22-15-9-7-14(8-10-15)13-5-3-2-4-6-13/h2-10,16,19H,11H2,1H3. The third-order valence-electron chi connectivity index (χ3n) is 3.60. The summed E-state index contributed by atoms with van der Waals surface area (Å²) in [6.07, 6.45) is -0.653. The fourth-order valence-electron chi connectivity index (χ4n) is 2.30. The predicted molar refractivity (Wildman–Crippen MR) is 82.6 cm³/mol. The molecule has 0 saturated carbocycles. The lowest BCUT2D eigenvalue weighted by atomic mass is 10.1. The Labute approximate surface area is 128 Å². The molecule has 4 heteroatoms. The van der Waals surface area contributed by atoms with Crippen LogP contribution in [0.25, 0.3) is 11.1 Å². The Morgan fingerprint density at radius 2 is 1.68 bits per heavy atom.